The van der Waals surface area contributed by atoms with E-state index in [0.717, 1.165) is 54.9 Å². The zero-order valence-electron chi connectivity index (χ0n) is 71.7. The predicted octanol–water partition coefficient (Wildman–Crippen LogP) is 16.6. The van der Waals surface area contributed by atoms with Crippen LogP contribution < -0.4 is 35.2 Å². The number of ether oxygens (including phenoxy) is 15. The van der Waals surface area contributed by atoms with Crippen molar-refractivity contribution >= 4 is 45.2 Å². The van der Waals surface area contributed by atoms with Crippen molar-refractivity contribution in [3.05, 3.63) is 258 Å². The number of hydrogen-bond donors (Lipinski definition) is 2. The van der Waals surface area contributed by atoms with Gasteiger partial charge in [-0.2, -0.15) is 0 Å². The van der Waals surface area contributed by atoms with E-state index in [9.17, 15) is 14.4 Å². The Morgan fingerprint density at radius 3 is 1.47 bits per heavy atom. The van der Waals surface area contributed by atoms with Gasteiger partial charge in [-0.25, -0.2) is 14.4 Å². The van der Waals surface area contributed by atoms with Crippen LogP contribution in [-0.4, -0.2) is 168 Å². The Morgan fingerprint density at radius 1 is 0.492 bits per heavy atom. The zero-order valence-corrected chi connectivity index (χ0v) is 73.7. The number of carbonyl (C=O) groups excluding carboxylic acids is 3. The molecule has 1 aliphatic carbocycles. The molecule has 642 valence electrons. The molecule has 8 aromatic rings. The van der Waals surface area contributed by atoms with E-state index in [1.165, 1.54) is 6.08 Å². The molecular weight excluding hydrogens is 1560 g/mol. The van der Waals surface area contributed by atoms with Crippen LogP contribution in [0.2, 0.25) is 21.7 Å². The second kappa shape index (κ2) is 41.7. The molecule has 0 radical (unpaired) electrons. The summed E-state index contributed by atoms with van der Waals surface area (Å²) in [4.78, 5) is 43.4. The van der Waals surface area contributed by atoms with Crippen LogP contribution in [0.4, 0.5) is 9.59 Å². The first-order chi connectivity index (χ1) is 57.8. The van der Waals surface area contributed by atoms with E-state index >= 15 is 0 Å². The Bertz CT molecular complexity index is 4450. The number of nitrogens with one attached hydrogen (secondary N) is 2. The van der Waals surface area contributed by atoms with Gasteiger partial charge in [-0.1, -0.05) is 251 Å². The van der Waals surface area contributed by atoms with Gasteiger partial charge in [0, 0.05) is 12.5 Å². The number of amides is 2. The van der Waals surface area contributed by atoms with Gasteiger partial charge in [0.1, 0.15) is 91.9 Å². The molecule has 2 N–H and O–H groups in total. The molecule has 24 heteroatoms. The second-order valence-corrected chi connectivity index (χ2v) is 43.2. The topological polar surface area (TPSA) is 232 Å². The molecule has 120 heavy (non-hydrogen) atoms. The van der Waals surface area contributed by atoms with Crippen LogP contribution in [-0.2, 0) is 96.9 Å². The Labute approximate surface area is 709 Å². The number of esters is 1. The highest BCUT2D eigenvalue weighted by Gasteiger charge is 2.61. The number of fused-ring (bicyclic) bond motifs is 4. The second-order valence-electron chi connectivity index (χ2n) is 33.4. The van der Waals surface area contributed by atoms with E-state index < -0.39 is 119 Å². The standard InChI is InChI=1S/C96H120N2O20Si2/c1-16-54-105-90(99)81(98-94(101)110-60-80-78-38-28-26-36-76(78)77-37-27-29-39-79(77)80)53-52-73(55-97-93(100)109-59-66-30-20-17-21-31-66)113-92-89(87-85(117-96(11,12)118-87)83(115-92)62-112-120(95(8,9)10,74-32-22-18-23-33-74)75-34-24-19-25-35-75)116-91-88(108-58-69-44-50-72(104-15)51-45-69)86(107-57-68-42-48-71(103-14)49-43-68)84(106-56-67-40-46-70(102-13)47-41-67)82(114-91)61-111-119(63(2)3,64(4)5)65(6)7/h16-51,63-65,73,80-89,91-92H,1,52-62H2,2-15H3,(H,97,100)(H,98,101)/t73-,81+,82-,83-,84-,85+,86+,87+,88-,89-,91-,92-/m1/s1. The van der Waals surface area contributed by atoms with Crippen LogP contribution in [0.5, 0.6) is 17.2 Å². The van der Waals surface area contributed by atoms with E-state index in [1.807, 2.05) is 190 Å². The van der Waals surface area contributed by atoms with Crippen LogP contribution in [0.3, 0.4) is 0 Å². The van der Waals surface area contributed by atoms with Gasteiger partial charge in [-0.15, -0.1) is 0 Å². The van der Waals surface area contributed by atoms with E-state index in [-0.39, 0.29) is 94.8 Å². The molecule has 0 unspecified atom stereocenters. The van der Waals surface area contributed by atoms with Gasteiger partial charge < -0.3 is 90.5 Å². The predicted molar refractivity (Wildman–Crippen MR) is 463 cm³/mol. The molecule has 0 bridgehead atoms. The molecule has 12 rings (SSSR count). The first-order valence-corrected chi connectivity index (χ1v) is 45.8. The Balaban J connectivity index is 0.977. The third kappa shape index (κ3) is 21.8. The smallest absolute Gasteiger partial charge is 0.407 e. The molecule has 8 aromatic carbocycles. The molecule has 12 atom stereocenters. The number of hydrogen-bond acceptors (Lipinski definition) is 20. The molecule has 22 nitrogen and oxygen atoms in total. The normalized spacial score (nSPS) is 21.4. The maximum absolute atomic E-state index is 14.6. The van der Waals surface area contributed by atoms with Crippen molar-refractivity contribution in [2.45, 2.75) is 222 Å². The van der Waals surface area contributed by atoms with Crippen molar-refractivity contribution in [2.24, 2.45) is 0 Å². The van der Waals surface area contributed by atoms with E-state index in [1.54, 1.807) is 21.3 Å². The molecular formula is C96H120N2O20Si2. The van der Waals surface area contributed by atoms with Crippen molar-refractivity contribution in [2.75, 3.05) is 54.3 Å². The van der Waals surface area contributed by atoms with Crippen LogP contribution in [0.1, 0.15) is 128 Å². The lowest BCUT2D eigenvalue weighted by molar-refractivity contribution is -0.373. The van der Waals surface area contributed by atoms with E-state index in [0.29, 0.717) is 17.2 Å². The van der Waals surface area contributed by atoms with Crippen LogP contribution >= 0.6 is 0 Å². The molecule has 4 aliphatic rings. The molecule has 3 saturated heterocycles. The Hall–Kier alpha value is -9.10. The van der Waals surface area contributed by atoms with Gasteiger partial charge >= 0.3 is 18.2 Å². The van der Waals surface area contributed by atoms with Gasteiger partial charge in [-0.3, -0.25) is 0 Å². The quantitative estimate of drug-likeness (QED) is 0.0157. The summed E-state index contributed by atoms with van der Waals surface area (Å²) in [5.74, 6) is -0.337. The number of rotatable bonds is 40. The summed E-state index contributed by atoms with van der Waals surface area (Å²) < 4.78 is 117. The average Bonchev–Trinajstić information content (AvgIpc) is 1.03. The first kappa shape index (κ1) is 90.1. The van der Waals surface area contributed by atoms with Crippen LogP contribution in [0.15, 0.2) is 225 Å². The van der Waals surface area contributed by atoms with Crippen molar-refractivity contribution in [1.29, 1.82) is 0 Å². The number of methoxy groups -OCH3 is 3. The summed E-state index contributed by atoms with van der Waals surface area (Å²) in [5, 5.41) is 7.41. The van der Waals surface area contributed by atoms with E-state index in [4.69, 9.17) is 79.9 Å². The highest BCUT2D eigenvalue weighted by atomic mass is 28.4. The molecule has 0 spiro atoms. The SMILES string of the molecule is C=CCOC(=O)[C@H](CC[C@H](CNC(=O)OCc1ccccc1)O[C@@H]1O[C@H](CO[Si](c2ccccc2)(c2ccccc2)C(C)(C)C)[C@@H]2OC(C)(C)O[C@@H]2[C@H]1O[C@H]1O[C@H](CO[Si](C(C)C)(C(C)C)C(C)C)[C@@H](OCc2ccc(OC)cc2)[C@H](OCc2ccc(OC)cc2)[C@H]1OCc1ccc(OC)cc1)NC(=O)OCC1c2ccccc2-c2ccccc21. The number of alkyl carbamates (subject to hydrolysis) is 2. The lowest BCUT2D eigenvalue weighted by Gasteiger charge is -2.50. The first-order valence-electron chi connectivity index (χ1n) is 41.8. The number of carbonyl (C=O) groups is 3. The lowest BCUT2D eigenvalue weighted by atomic mass is 9.96. The van der Waals surface area contributed by atoms with Gasteiger partial charge in [-0.05, 0) is 140 Å². The fraction of sp³-hybridized carbons (Fsp3) is 0.448. The minimum Gasteiger partial charge on any atom is -0.497 e. The summed E-state index contributed by atoms with van der Waals surface area (Å²) in [6.45, 7) is 27.3. The maximum atomic E-state index is 14.6. The molecule has 0 saturated carbocycles. The van der Waals surface area contributed by atoms with Crippen LogP contribution in [0.25, 0.3) is 11.1 Å². The molecule has 3 fully saturated rings. The summed E-state index contributed by atoms with van der Waals surface area (Å²) in [6.07, 6.45) is -12.7. The fourth-order valence-corrected chi connectivity index (χ4v) is 27.5. The van der Waals surface area contributed by atoms with Gasteiger partial charge in [0.25, 0.3) is 8.32 Å². The van der Waals surface area contributed by atoms with Gasteiger partial charge in [0.2, 0.25) is 0 Å². The zero-order chi connectivity index (χ0) is 85.1. The lowest BCUT2D eigenvalue weighted by Crippen LogP contribution is -2.69. The Kier molecular flexibility index (Phi) is 31.3. The van der Waals surface area contributed by atoms with Crippen molar-refractivity contribution < 1.29 is 94.3 Å². The summed E-state index contributed by atoms with van der Waals surface area (Å²) in [5.41, 5.74) is 7.88. The molecule has 2 amide bonds. The molecule has 3 aliphatic heterocycles. The van der Waals surface area contributed by atoms with Gasteiger partial charge in [0.15, 0.2) is 26.7 Å². The van der Waals surface area contributed by atoms with Crippen molar-refractivity contribution in [1.82, 2.24) is 10.6 Å². The van der Waals surface area contributed by atoms with Crippen LogP contribution in [0, 0.1) is 0 Å². The third-order valence-electron chi connectivity index (χ3n) is 23.3. The largest absolute Gasteiger partial charge is 0.497 e. The average molecular weight is 1680 g/mol. The maximum Gasteiger partial charge on any atom is 0.407 e. The minimum atomic E-state index is -3.36. The summed E-state index contributed by atoms with van der Waals surface area (Å²) >= 11 is 0. The van der Waals surface area contributed by atoms with Gasteiger partial charge in [0.05, 0.1) is 60.5 Å². The third-order valence-corrected chi connectivity index (χ3v) is 34.3. The highest BCUT2D eigenvalue weighted by molar-refractivity contribution is 6.99. The molecule has 3 heterocycles. The fourth-order valence-electron chi connectivity index (χ4n) is 17.5. The Morgan fingerprint density at radius 2 is 0.958 bits per heavy atom. The monoisotopic (exact) mass is 1680 g/mol. The highest BCUT2D eigenvalue weighted by Crippen LogP contribution is 2.48. The van der Waals surface area contributed by atoms with E-state index in [2.05, 4.69) is 116 Å². The van der Waals surface area contributed by atoms with Crippen molar-refractivity contribution in [3.63, 3.8) is 0 Å². The number of benzene rings is 8. The molecule has 0 aromatic heterocycles. The minimum absolute atomic E-state index is 0.0206. The summed E-state index contributed by atoms with van der Waals surface area (Å²) in [7, 11) is -1.21. The van der Waals surface area contributed by atoms with Crippen molar-refractivity contribution in [3.8, 4) is 28.4 Å². The summed E-state index contributed by atoms with van der Waals surface area (Å²) in [6, 6.07) is 67.7.